The number of esters is 2. The quantitative estimate of drug-likeness (QED) is 0.170. The van der Waals surface area contributed by atoms with Crippen molar-refractivity contribution in [3.8, 4) is 0 Å². The van der Waals surface area contributed by atoms with Crippen molar-refractivity contribution in [2.24, 2.45) is 10.9 Å². The fourth-order valence-corrected chi connectivity index (χ4v) is 3.08. The first-order valence-corrected chi connectivity index (χ1v) is 11.2. The maximum Gasteiger partial charge on any atom is 0.328 e. The third-order valence-electron chi connectivity index (χ3n) is 5.35. The summed E-state index contributed by atoms with van der Waals surface area (Å²) in [6.45, 7) is 15.7. The van der Waals surface area contributed by atoms with Crippen LogP contribution in [0.5, 0.6) is 0 Å². The number of benzene rings is 1. The van der Waals surface area contributed by atoms with Crippen LogP contribution in [0.25, 0.3) is 0 Å². The minimum Gasteiger partial charge on any atom is -0.493 e. The third-order valence-corrected chi connectivity index (χ3v) is 5.35. The zero-order chi connectivity index (χ0) is 26.0. The van der Waals surface area contributed by atoms with Crippen LogP contribution in [-0.2, 0) is 28.6 Å². The van der Waals surface area contributed by atoms with E-state index in [1.54, 1.807) is 27.7 Å². The fourth-order valence-electron chi connectivity index (χ4n) is 3.08. The van der Waals surface area contributed by atoms with Gasteiger partial charge in [-0.1, -0.05) is 45.0 Å². The van der Waals surface area contributed by atoms with Crippen LogP contribution in [0.4, 0.5) is 0 Å². The van der Waals surface area contributed by atoms with Gasteiger partial charge >= 0.3 is 11.9 Å². The number of carbonyl (C=O) groups excluding carboxylic acids is 3. The molecule has 0 radical (unpaired) electrons. The SMILES string of the molecule is C=N/C(C(=O)N[C@@H](C)C(=O)O[C@@H](C)[C@@H](C)c1ccccc1C)=C(OC(=O)C(C)C)\C(=C/C)OC. The molecule has 0 bridgehead atoms. The first kappa shape index (κ1) is 28.6. The molecule has 0 aliphatic carbocycles. The van der Waals surface area contributed by atoms with Crippen molar-refractivity contribution >= 4 is 24.6 Å². The maximum atomic E-state index is 12.9. The van der Waals surface area contributed by atoms with Gasteiger partial charge < -0.3 is 19.5 Å². The van der Waals surface area contributed by atoms with E-state index in [2.05, 4.69) is 17.0 Å². The Morgan fingerprint density at radius 1 is 1.06 bits per heavy atom. The third kappa shape index (κ3) is 7.57. The summed E-state index contributed by atoms with van der Waals surface area (Å²) in [4.78, 5) is 41.5. The van der Waals surface area contributed by atoms with Crippen LogP contribution < -0.4 is 5.32 Å². The van der Waals surface area contributed by atoms with Crippen molar-refractivity contribution in [3.05, 3.63) is 58.7 Å². The first-order chi connectivity index (χ1) is 16.0. The molecule has 0 unspecified atom stereocenters. The number of hydrogen-bond acceptors (Lipinski definition) is 7. The van der Waals surface area contributed by atoms with Gasteiger partial charge in [-0.3, -0.25) is 14.6 Å². The molecule has 0 heterocycles. The number of nitrogens with one attached hydrogen (secondary N) is 1. The Labute approximate surface area is 202 Å². The van der Waals surface area contributed by atoms with Gasteiger partial charge in [-0.15, -0.1) is 0 Å². The molecule has 0 saturated heterocycles. The number of aryl methyl sites for hydroxylation is 1. The van der Waals surface area contributed by atoms with E-state index < -0.39 is 35.9 Å². The lowest BCUT2D eigenvalue weighted by molar-refractivity contribution is -0.152. The summed E-state index contributed by atoms with van der Waals surface area (Å²) < 4.78 is 16.2. The molecule has 0 aliphatic heterocycles. The van der Waals surface area contributed by atoms with Crippen molar-refractivity contribution in [2.75, 3.05) is 7.11 Å². The van der Waals surface area contributed by atoms with Crippen molar-refractivity contribution in [3.63, 3.8) is 0 Å². The van der Waals surface area contributed by atoms with Gasteiger partial charge in [-0.25, -0.2) is 4.79 Å². The molecule has 34 heavy (non-hydrogen) atoms. The molecule has 1 aromatic carbocycles. The number of carbonyl (C=O) groups is 3. The maximum absolute atomic E-state index is 12.9. The van der Waals surface area contributed by atoms with Gasteiger partial charge in [-0.2, -0.15) is 0 Å². The molecule has 0 aromatic heterocycles. The molecular formula is C26H36N2O6. The molecular weight excluding hydrogens is 436 g/mol. The number of hydrogen-bond donors (Lipinski definition) is 1. The van der Waals surface area contributed by atoms with Crippen molar-refractivity contribution in [1.82, 2.24) is 5.32 Å². The van der Waals surface area contributed by atoms with Crippen LogP contribution in [-0.4, -0.2) is 43.8 Å². The Balaban J connectivity index is 3.04. The highest BCUT2D eigenvalue weighted by Crippen LogP contribution is 2.25. The monoisotopic (exact) mass is 472 g/mol. The molecule has 1 aromatic rings. The fraction of sp³-hybridized carbons (Fsp3) is 0.462. The Bertz CT molecular complexity index is 964. The molecule has 186 valence electrons. The number of allylic oxidation sites excluding steroid dienone is 1. The molecule has 0 spiro atoms. The van der Waals surface area contributed by atoms with E-state index in [9.17, 15) is 14.4 Å². The largest absolute Gasteiger partial charge is 0.493 e. The van der Waals surface area contributed by atoms with Crippen LogP contribution in [0.1, 0.15) is 58.6 Å². The van der Waals surface area contributed by atoms with Gasteiger partial charge in [0.15, 0.2) is 11.5 Å². The zero-order valence-corrected chi connectivity index (χ0v) is 21.3. The van der Waals surface area contributed by atoms with E-state index in [-0.39, 0.29) is 23.1 Å². The Kier molecular flexibility index (Phi) is 11.2. The minimum atomic E-state index is -0.991. The van der Waals surface area contributed by atoms with Crippen LogP contribution in [0, 0.1) is 12.8 Å². The molecule has 1 amide bonds. The lowest BCUT2D eigenvalue weighted by Gasteiger charge is -2.24. The number of ether oxygens (including phenoxy) is 3. The first-order valence-electron chi connectivity index (χ1n) is 11.2. The molecule has 1 rings (SSSR count). The highest BCUT2D eigenvalue weighted by Gasteiger charge is 2.28. The summed E-state index contributed by atoms with van der Waals surface area (Å²) in [5.74, 6) is -2.50. The molecule has 0 saturated carbocycles. The van der Waals surface area contributed by atoms with E-state index in [1.807, 2.05) is 38.1 Å². The summed E-state index contributed by atoms with van der Waals surface area (Å²) in [5, 5.41) is 2.53. The van der Waals surface area contributed by atoms with Crippen molar-refractivity contribution < 1.29 is 28.6 Å². The van der Waals surface area contributed by atoms with Gasteiger partial charge in [0.05, 0.1) is 13.0 Å². The van der Waals surface area contributed by atoms with E-state index >= 15 is 0 Å². The second kappa shape index (κ2) is 13.3. The second-order valence-corrected chi connectivity index (χ2v) is 8.25. The molecule has 3 atom stereocenters. The van der Waals surface area contributed by atoms with Gasteiger partial charge in [-0.05, 0) is 51.6 Å². The number of nitrogens with zero attached hydrogens (tertiary/aromatic N) is 1. The Hall–Kier alpha value is -3.42. The van der Waals surface area contributed by atoms with Gasteiger partial charge in [0.25, 0.3) is 5.91 Å². The summed E-state index contributed by atoms with van der Waals surface area (Å²) in [5.41, 5.74) is 1.90. The lowest BCUT2D eigenvalue weighted by atomic mass is 9.92. The van der Waals surface area contributed by atoms with Crippen molar-refractivity contribution in [2.45, 2.75) is 66.5 Å². The highest BCUT2D eigenvalue weighted by molar-refractivity contribution is 5.97. The topological polar surface area (TPSA) is 103 Å². The average Bonchev–Trinajstić information content (AvgIpc) is 2.79. The summed E-state index contributed by atoms with van der Waals surface area (Å²) >= 11 is 0. The molecule has 8 heteroatoms. The second-order valence-electron chi connectivity index (χ2n) is 8.25. The van der Waals surface area contributed by atoms with Crippen LogP contribution in [0.15, 0.2) is 52.5 Å². The van der Waals surface area contributed by atoms with Gasteiger partial charge in [0.1, 0.15) is 12.1 Å². The molecule has 1 N–H and O–H groups in total. The van der Waals surface area contributed by atoms with E-state index in [4.69, 9.17) is 14.2 Å². The summed E-state index contributed by atoms with van der Waals surface area (Å²) in [6, 6.07) is 6.90. The molecule has 8 nitrogen and oxygen atoms in total. The van der Waals surface area contributed by atoms with Gasteiger partial charge in [0.2, 0.25) is 5.76 Å². The van der Waals surface area contributed by atoms with Gasteiger partial charge in [0, 0.05) is 5.92 Å². The minimum absolute atomic E-state index is 0.0423. The van der Waals surface area contributed by atoms with E-state index in [0.29, 0.717) is 0 Å². The van der Waals surface area contributed by atoms with Crippen LogP contribution in [0.2, 0.25) is 0 Å². The molecule has 0 aliphatic rings. The number of methoxy groups -OCH3 is 1. The van der Waals surface area contributed by atoms with Crippen LogP contribution >= 0.6 is 0 Å². The van der Waals surface area contributed by atoms with Crippen LogP contribution in [0.3, 0.4) is 0 Å². The summed E-state index contributed by atoms with van der Waals surface area (Å²) in [7, 11) is 1.37. The normalized spacial score (nSPS) is 14.9. The lowest BCUT2D eigenvalue weighted by Crippen LogP contribution is -2.42. The predicted molar refractivity (Wildman–Crippen MR) is 131 cm³/mol. The summed E-state index contributed by atoms with van der Waals surface area (Å²) in [6.07, 6.45) is 1.10. The highest BCUT2D eigenvalue weighted by atomic mass is 16.6. The van der Waals surface area contributed by atoms with E-state index in [1.165, 1.54) is 20.1 Å². The Morgan fingerprint density at radius 3 is 2.18 bits per heavy atom. The average molecular weight is 473 g/mol. The Morgan fingerprint density at radius 2 is 1.68 bits per heavy atom. The zero-order valence-electron chi connectivity index (χ0n) is 21.3. The van der Waals surface area contributed by atoms with E-state index in [0.717, 1.165) is 11.1 Å². The predicted octanol–water partition coefficient (Wildman–Crippen LogP) is 4.20. The number of rotatable bonds is 11. The number of amides is 1. The van der Waals surface area contributed by atoms with Crippen molar-refractivity contribution in [1.29, 1.82) is 0 Å². The smallest absolute Gasteiger partial charge is 0.328 e. The standard InChI is InChI=1S/C26H36N2O6/c1-10-21(32-9)23(34-25(30)15(2)3)22(27-8)24(29)28-18(6)26(31)33-19(7)17(5)20-14-12-11-13-16(20)4/h10-15,17-19H,8H2,1-7,9H3,(H,28,29)/b21-10+,23-22+/t17-,18+,19+/m1/s1. The molecule has 0 fully saturated rings. The number of aliphatic imine (C=N–C) groups is 1.